The standard InChI is InChI=1S/C17H22N4O2/c1-4-5-12-21-16(22)11-10-15(19-21)17(23)18-13-6-8-14(9-7-13)20(2)3/h6-11H,4-5,12H2,1-3H3,(H,18,23). The summed E-state index contributed by atoms with van der Waals surface area (Å²) in [5, 5.41) is 6.93. The van der Waals surface area contributed by atoms with E-state index in [0.717, 1.165) is 18.5 Å². The molecule has 0 unspecified atom stereocenters. The van der Waals surface area contributed by atoms with E-state index in [1.54, 1.807) is 0 Å². The number of nitrogens with one attached hydrogen (secondary N) is 1. The molecule has 0 saturated heterocycles. The lowest BCUT2D eigenvalue weighted by Gasteiger charge is -2.13. The molecule has 6 nitrogen and oxygen atoms in total. The Hall–Kier alpha value is -2.63. The molecule has 0 aliphatic heterocycles. The number of benzene rings is 1. The summed E-state index contributed by atoms with van der Waals surface area (Å²) in [5.41, 5.74) is 1.78. The normalized spacial score (nSPS) is 10.4. The Labute approximate surface area is 135 Å². The van der Waals surface area contributed by atoms with E-state index in [2.05, 4.69) is 10.4 Å². The van der Waals surface area contributed by atoms with Gasteiger partial charge in [-0.25, -0.2) is 4.68 Å². The number of aryl methyl sites for hydroxylation is 1. The van der Waals surface area contributed by atoms with Crippen molar-refractivity contribution in [3.8, 4) is 0 Å². The lowest BCUT2D eigenvalue weighted by Crippen LogP contribution is -2.26. The van der Waals surface area contributed by atoms with E-state index < -0.39 is 0 Å². The fourth-order valence-electron chi connectivity index (χ4n) is 2.08. The van der Waals surface area contributed by atoms with Crippen LogP contribution in [0.4, 0.5) is 11.4 Å². The molecule has 0 spiro atoms. The number of unbranched alkanes of at least 4 members (excludes halogenated alkanes) is 1. The second kappa shape index (κ2) is 7.58. The molecule has 0 aliphatic rings. The van der Waals surface area contributed by atoms with Crippen molar-refractivity contribution in [2.45, 2.75) is 26.3 Å². The predicted molar refractivity (Wildman–Crippen MR) is 92.1 cm³/mol. The van der Waals surface area contributed by atoms with Crippen molar-refractivity contribution in [3.05, 3.63) is 52.4 Å². The van der Waals surface area contributed by atoms with Crippen LogP contribution in [0.5, 0.6) is 0 Å². The highest BCUT2D eigenvalue weighted by molar-refractivity contribution is 6.02. The van der Waals surface area contributed by atoms with Gasteiger partial charge in [0.1, 0.15) is 5.69 Å². The van der Waals surface area contributed by atoms with Gasteiger partial charge in [-0.05, 0) is 36.8 Å². The Morgan fingerprint density at radius 2 is 1.87 bits per heavy atom. The van der Waals surface area contributed by atoms with Gasteiger partial charge in [0.25, 0.3) is 11.5 Å². The first-order chi connectivity index (χ1) is 11.0. The number of hydrogen-bond donors (Lipinski definition) is 1. The van der Waals surface area contributed by atoms with E-state index in [9.17, 15) is 9.59 Å². The average molecular weight is 314 g/mol. The lowest BCUT2D eigenvalue weighted by molar-refractivity contribution is 0.101. The molecular formula is C17H22N4O2. The van der Waals surface area contributed by atoms with E-state index in [1.807, 2.05) is 50.2 Å². The number of rotatable bonds is 6. The van der Waals surface area contributed by atoms with E-state index in [4.69, 9.17) is 0 Å². The van der Waals surface area contributed by atoms with Crippen molar-refractivity contribution in [3.63, 3.8) is 0 Å². The number of carbonyl (C=O) groups excluding carboxylic acids is 1. The molecule has 0 atom stereocenters. The third-order valence-electron chi connectivity index (χ3n) is 3.46. The number of anilines is 2. The van der Waals surface area contributed by atoms with E-state index >= 15 is 0 Å². The number of amides is 1. The van der Waals surface area contributed by atoms with Gasteiger partial charge in [-0.1, -0.05) is 13.3 Å². The van der Waals surface area contributed by atoms with Crippen LogP contribution in [0.2, 0.25) is 0 Å². The fourth-order valence-corrected chi connectivity index (χ4v) is 2.08. The number of hydrogen-bond acceptors (Lipinski definition) is 4. The van der Waals surface area contributed by atoms with Gasteiger partial charge in [-0.2, -0.15) is 5.10 Å². The van der Waals surface area contributed by atoms with Crippen LogP contribution in [-0.4, -0.2) is 29.8 Å². The van der Waals surface area contributed by atoms with Crippen molar-refractivity contribution < 1.29 is 4.79 Å². The molecule has 1 aromatic heterocycles. The van der Waals surface area contributed by atoms with Gasteiger partial charge < -0.3 is 10.2 Å². The second-order valence-electron chi connectivity index (χ2n) is 5.53. The van der Waals surface area contributed by atoms with E-state index in [0.29, 0.717) is 12.2 Å². The Morgan fingerprint density at radius 3 is 2.48 bits per heavy atom. The van der Waals surface area contributed by atoms with Crippen LogP contribution in [-0.2, 0) is 6.54 Å². The van der Waals surface area contributed by atoms with Crippen molar-refractivity contribution in [1.29, 1.82) is 0 Å². The highest BCUT2D eigenvalue weighted by Crippen LogP contribution is 2.16. The molecule has 0 bridgehead atoms. The van der Waals surface area contributed by atoms with Crippen LogP contribution in [0.25, 0.3) is 0 Å². The summed E-state index contributed by atoms with van der Waals surface area (Å²) >= 11 is 0. The zero-order chi connectivity index (χ0) is 16.8. The van der Waals surface area contributed by atoms with Crippen molar-refractivity contribution in [2.24, 2.45) is 0 Å². The van der Waals surface area contributed by atoms with Crippen LogP contribution in [0.15, 0.2) is 41.2 Å². The largest absolute Gasteiger partial charge is 0.378 e. The van der Waals surface area contributed by atoms with Crippen molar-refractivity contribution in [1.82, 2.24) is 9.78 Å². The zero-order valence-electron chi connectivity index (χ0n) is 13.7. The quantitative estimate of drug-likeness (QED) is 0.889. The van der Waals surface area contributed by atoms with Crippen LogP contribution in [0.1, 0.15) is 30.3 Å². The minimum atomic E-state index is -0.326. The topological polar surface area (TPSA) is 67.2 Å². The minimum Gasteiger partial charge on any atom is -0.378 e. The van der Waals surface area contributed by atoms with Gasteiger partial charge in [0, 0.05) is 38.1 Å². The number of aromatic nitrogens is 2. The maximum Gasteiger partial charge on any atom is 0.276 e. The molecule has 1 N–H and O–H groups in total. The first kappa shape index (κ1) is 16.7. The van der Waals surface area contributed by atoms with Crippen molar-refractivity contribution >= 4 is 17.3 Å². The maximum absolute atomic E-state index is 12.3. The van der Waals surface area contributed by atoms with E-state index in [1.165, 1.54) is 16.8 Å². The number of carbonyl (C=O) groups is 1. The van der Waals surface area contributed by atoms with Crippen LogP contribution in [0.3, 0.4) is 0 Å². The summed E-state index contributed by atoms with van der Waals surface area (Å²) in [4.78, 5) is 26.0. The van der Waals surface area contributed by atoms with Crippen LogP contribution >= 0.6 is 0 Å². The Kier molecular flexibility index (Phi) is 5.51. The third-order valence-corrected chi connectivity index (χ3v) is 3.46. The average Bonchev–Trinajstić information content (AvgIpc) is 2.54. The first-order valence-corrected chi connectivity index (χ1v) is 7.68. The molecule has 1 heterocycles. The molecule has 2 rings (SSSR count). The fraction of sp³-hybridized carbons (Fsp3) is 0.353. The second-order valence-corrected chi connectivity index (χ2v) is 5.53. The highest BCUT2D eigenvalue weighted by atomic mass is 16.2. The molecule has 23 heavy (non-hydrogen) atoms. The summed E-state index contributed by atoms with van der Waals surface area (Å²) in [6.07, 6.45) is 1.81. The molecule has 0 fully saturated rings. The molecule has 0 saturated carbocycles. The summed E-state index contributed by atoms with van der Waals surface area (Å²) in [6, 6.07) is 10.3. The molecule has 122 valence electrons. The molecular weight excluding hydrogens is 292 g/mol. The lowest BCUT2D eigenvalue weighted by atomic mass is 10.2. The molecule has 6 heteroatoms. The molecule has 0 aliphatic carbocycles. The van der Waals surface area contributed by atoms with Crippen LogP contribution in [0, 0.1) is 0 Å². The zero-order valence-corrected chi connectivity index (χ0v) is 13.7. The van der Waals surface area contributed by atoms with Gasteiger partial charge in [-0.15, -0.1) is 0 Å². The van der Waals surface area contributed by atoms with E-state index in [-0.39, 0.29) is 17.2 Å². The molecule has 2 aromatic rings. The summed E-state index contributed by atoms with van der Waals surface area (Å²) in [5.74, 6) is -0.326. The monoisotopic (exact) mass is 314 g/mol. The molecule has 0 radical (unpaired) electrons. The summed E-state index contributed by atoms with van der Waals surface area (Å²) in [7, 11) is 3.91. The highest BCUT2D eigenvalue weighted by Gasteiger charge is 2.10. The van der Waals surface area contributed by atoms with Gasteiger partial charge >= 0.3 is 0 Å². The minimum absolute atomic E-state index is 0.190. The van der Waals surface area contributed by atoms with Gasteiger partial charge in [0.05, 0.1) is 0 Å². The summed E-state index contributed by atoms with van der Waals surface area (Å²) in [6.45, 7) is 2.56. The predicted octanol–water partition coefficient (Wildman–Crippen LogP) is 2.36. The summed E-state index contributed by atoms with van der Waals surface area (Å²) < 4.78 is 1.34. The van der Waals surface area contributed by atoms with Gasteiger partial charge in [-0.3, -0.25) is 9.59 Å². The van der Waals surface area contributed by atoms with Crippen molar-refractivity contribution in [2.75, 3.05) is 24.3 Å². The number of nitrogens with zero attached hydrogens (tertiary/aromatic N) is 3. The molecule has 1 aromatic carbocycles. The Balaban J connectivity index is 2.12. The van der Waals surface area contributed by atoms with Gasteiger partial charge in [0.2, 0.25) is 0 Å². The first-order valence-electron chi connectivity index (χ1n) is 7.68. The Bertz CT molecular complexity index is 720. The third kappa shape index (κ3) is 4.42. The SMILES string of the molecule is CCCCn1nc(C(=O)Nc2ccc(N(C)C)cc2)ccc1=O. The maximum atomic E-state index is 12.3. The molecule has 1 amide bonds. The van der Waals surface area contributed by atoms with Crippen LogP contribution < -0.4 is 15.8 Å². The Morgan fingerprint density at radius 1 is 1.17 bits per heavy atom. The smallest absolute Gasteiger partial charge is 0.276 e. The van der Waals surface area contributed by atoms with Gasteiger partial charge in [0.15, 0.2) is 0 Å².